The molecule has 0 bridgehead atoms. The highest BCUT2D eigenvalue weighted by Crippen LogP contribution is 2.51. The average molecular weight is 664 g/mol. The van der Waals surface area contributed by atoms with E-state index in [9.17, 15) is 0 Å². The summed E-state index contributed by atoms with van der Waals surface area (Å²) in [6, 6.07) is 55.8. The number of aromatic nitrogens is 3. The number of hydrogen-bond acceptors (Lipinski definition) is 2. The molecular weight excluding hydrogens is 631 g/mol. The first-order valence-corrected chi connectivity index (χ1v) is 18.0. The Morgan fingerprint density at radius 3 is 1.60 bits per heavy atom. The molecule has 0 atom stereocenters. The van der Waals surface area contributed by atoms with Crippen molar-refractivity contribution in [2.45, 2.75) is 19.3 Å². The Morgan fingerprint density at radius 1 is 0.404 bits per heavy atom. The summed E-state index contributed by atoms with van der Waals surface area (Å²) in [6.45, 7) is 4.75. The molecule has 0 unspecified atom stereocenters. The molecule has 0 radical (unpaired) electrons. The molecule has 0 saturated heterocycles. The minimum Gasteiger partial charge on any atom is -0.309 e. The third-order valence-electron chi connectivity index (χ3n) is 11.5. The fourth-order valence-electron chi connectivity index (χ4n) is 8.91. The number of hydrogen-bond donors (Lipinski definition) is 0. The van der Waals surface area contributed by atoms with Crippen LogP contribution in [0.2, 0.25) is 0 Å². The van der Waals surface area contributed by atoms with Gasteiger partial charge in [-0.3, -0.25) is 9.97 Å². The predicted molar refractivity (Wildman–Crippen MR) is 217 cm³/mol. The lowest BCUT2D eigenvalue weighted by molar-refractivity contribution is 0.661. The van der Waals surface area contributed by atoms with E-state index < -0.39 is 0 Å². The Labute approximate surface area is 301 Å². The van der Waals surface area contributed by atoms with Crippen LogP contribution in [0.5, 0.6) is 0 Å². The maximum absolute atomic E-state index is 4.76. The van der Waals surface area contributed by atoms with Gasteiger partial charge in [-0.25, -0.2) is 0 Å². The van der Waals surface area contributed by atoms with Gasteiger partial charge in [0.1, 0.15) is 0 Å². The predicted octanol–water partition coefficient (Wildman–Crippen LogP) is 12.7. The molecule has 8 aromatic carbocycles. The molecule has 0 N–H and O–H groups in total. The molecule has 2 heterocycles. The number of para-hydroxylation sites is 2. The minimum absolute atomic E-state index is 0.153. The van der Waals surface area contributed by atoms with Crippen LogP contribution in [0.3, 0.4) is 0 Å². The molecule has 52 heavy (non-hydrogen) atoms. The van der Waals surface area contributed by atoms with Crippen LogP contribution < -0.4 is 0 Å². The first-order valence-electron chi connectivity index (χ1n) is 18.0. The van der Waals surface area contributed by atoms with Crippen molar-refractivity contribution in [3.63, 3.8) is 0 Å². The van der Waals surface area contributed by atoms with Crippen molar-refractivity contribution in [2.24, 2.45) is 0 Å². The van der Waals surface area contributed by atoms with Crippen LogP contribution in [0, 0.1) is 0 Å². The van der Waals surface area contributed by atoms with Crippen LogP contribution in [0.15, 0.2) is 164 Å². The lowest BCUT2D eigenvalue weighted by Crippen LogP contribution is -2.15. The molecular formula is C49H33N3. The van der Waals surface area contributed by atoms with Gasteiger partial charge in [0, 0.05) is 45.0 Å². The number of nitrogens with zero attached hydrogens (tertiary/aromatic N) is 3. The van der Waals surface area contributed by atoms with Crippen LogP contribution in [0.4, 0.5) is 0 Å². The Hall–Kier alpha value is -6.58. The van der Waals surface area contributed by atoms with E-state index in [1.54, 1.807) is 12.4 Å². The molecule has 0 spiro atoms. The molecule has 0 amide bonds. The molecule has 11 rings (SSSR count). The first-order chi connectivity index (χ1) is 25.5. The summed E-state index contributed by atoms with van der Waals surface area (Å²) >= 11 is 0. The molecule has 3 nitrogen and oxygen atoms in total. The van der Waals surface area contributed by atoms with E-state index in [0.717, 1.165) is 21.8 Å². The Bertz CT molecular complexity index is 3060. The molecule has 244 valence electrons. The summed E-state index contributed by atoms with van der Waals surface area (Å²) in [7, 11) is 0. The number of fused-ring (bicyclic) bond motifs is 12. The van der Waals surface area contributed by atoms with Crippen molar-refractivity contribution in [1.29, 1.82) is 0 Å². The normalized spacial score (nSPS) is 13.3. The van der Waals surface area contributed by atoms with E-state index >= 15 is 0 Å². The smallest absolute Gasteiger partial charge is 0.0971 e. The molecule has 1 aliphatic carbocycles. The van der Waals surface area contributed by atoms with E-state index in [-0.39, 0.29) is 5.41 Å². The fourth-order valence-corrected chi connectivity index (χ4v) is 8.91. The SMILES string of the molecule is CC1(C)c2cc(-c3ccc4c(c3)c3ccccc3c3nccnc43)ccc2-c2ccc(-c3ccc4c(c3)c3ccccc3n4-c3ccccc3)cc21. The molecule has 2 aromatic heterocycles. The van der Waals surface area contributed by atoms with Gasteiger partial charge in [-0.05, 0) is 104 Å². The van der Waals surface area contributed by atoms with E-state index in [2.05, 4.69) is 170 Å². The third kappa shape index (κ3) is 4.08. The molecule has 1 aliphatic rings. The standard InChI is InChI=1S/C49H33N3/c1-49(2)43-28-32(30-18-22-40-41(26-30)35-12-6-7-14-39(35)47-48(40)51-25-24-50-47)16-20-36(43)37-21-17-33(29-44(37)49)31-19-23-46-42(27-31)38-13-8-9-15-45(38)52(46)34-10-4-3-5-11-34/h3-29H,1-2H3. The molecule has 0 saturated carbocycles. The van der Waals surface area contributed by atoms with Crippen molar-refractivity contribution >= 4 is 54.4 Å². The summed E-state index contributed by atoms with van der Waals surface area (Å²) in [5.74, 6) is 0. The van der Waals surface area contributed by atoms with E-state index in [1.807, 2.05) is 0 Å². The van der Waals surface area contributed by atoms with Crippen LogP contribution in [0.25, 0.3) is 93.5 Å². The van der Waals surface area contributed by atoms with Crippen LogP contribution >= 0.6 is 0 Å². The fraction of sp³-hybridized carbons (Fsp3) is 0.0612. The van der Waals surface area contributed by atoms with Gasteiger partial charge in [-0.2, -0.15) is 0 Å². The number of benzene rings is 8. The highest BCUT2D eigenvalue weighted by molar-refractivity contribution is 6.23. The highest BCUT2D eigenvalue weighted by Gasteiger charge is 2.36. The minimum atomic E-state index is -0.153. The second kappa shape index (κ2) is 10.7. The topological polar surface area (TPSA) is 30.7 Å². The Balaban J connectivity index is 1.01. The summed E-state index contributed by atoms with van der Waals surface area (Å²) in [6.07, 6.45) is 3.57. The first kappa shape index (κ1) is 29.2. The van der Waals surface area contributed by atoms with Crippen LogP contribution in [-0.4, -0.2) is 14.5 Å². The summed E-state index contributed by atoms with van der Waals surface area (Å²) in [4.78, 5) is 9.47. The lowest BCUT2D eigenvalue weighted by atomic mass is 9.80. The maximum atomic E-state index is 4.76. The van der Waals surface area contributed by atoms with E-state index in [4.69, 9.17) is 9.97 Å². The van der Waals surface area contributed by atoms with Crippen LogP contribution in [0.1, 0.15) is 25.0 Å². The molecule has 10 aromatic rings. The monoisotopic (exact) mass is 663 g/mol. The molecule has 3 heteroatoms. The van der Waals surface area contributed by atoms with Crippen molar-refractivity contribution in [1.82, 2.24) is 14.5 Å². The van der Waals surface area contributed by atoms with Gasteiger partial charge < -0.3 is 4.57 Å². The van der Waals surface area contributed by atoms with Gasteiger partial charge in [-0.15, -0.1) is 0 Å². The van der Waals surface area contributed by atoms with Gasteiger partial charge in [-0.1, -0.05) is 117 Å². The van der Waals surface area contributed by atoms with Gasteiger partial charge >= 0.3 is 0 Å². The Kier molecular flexibility index (Phi) is 6.01. The third-order valence-corrected chi connectivity index (χ3v) is 11.5. The van der Waals surface area contributed by atoms with Gasteiger partial charge in [0.2, 0.25) is 0 Å². The summed E-state index contributed by atoms with van der Waals surface area (Å²) < 4.78 is 2.38. The zero-order valence-corrected chi connectivity index (χ0v) is 28.9. The second-order valence-corrected chi connectivity index (χ2v) is 14.6. The summed E-state index contributed by atoms with van der Waals surface area (Å²) in [5, 5.41) is 7.22. The average Bonchev–Trinajstić information content (AvgIpc) is 3.65. The quantitative estimate of drug-likeness (QED) is 0.176. The highest BCUT2D eigenvalue weighted by atomic mass is 15.0. The van der Waals surface area contributed by atoms with Gasteiger partial charge in [0.25, 0.3) is 0 Å². The van der Waals surface area contributed by atoms with E-state index in [1.165, 1.54) is 82.8 Å². The number of rotatable bonds is 3. The lowest BCUT2D eigenvalue weighted by Gasteiger charge is -2.23. The zero-order valence-electron chi connectivity index (χ0n) is 28.9. The second-order valence-electron chi connectivity index (χ2n) is 14.6. The largest absolute Gasteiger partial charge is 0.309 e. The van der Waals surface area contributed by atoms with Crippen molar-refractivity contribution in [3.8, 4) is 39.1 Å². The molecule has 0 aliphatic heterocycles. The van der Waals surface area contributed by atoms with Crippen molar-refractivity contribution in [2.75, 3.05) is 0 Å². The van der Waals surface area contributed by atoms with Gasteiger partial charge in [0.05, 0.1) is 22.1 Å². The molecule has 0 fully saturated rings. The van der Waals surface area contributed by atoms with Crippen molar-refractivity contribution < 1.29 is 0 Å². The van der Waals surface area contributed by atoms with Gasteiger partial charge in [0.15, 0.2) is 0 Å². The van der Waals surface area contributed by atoms with E-state index in [0.29, 0.717) is 0 Å². The van der Waals surface area contributed by atoms with Crippen molar-refractivity contribution in [3.05, 3.63) is 175 Å². The summed E-state index contributed by atoms with van der Waals surface area (Å²) in [5.41, 5.74) is 15.7. The Morgan fingerprint density at radius 2 is 0.904 bits per heavy atom. The maximum Gasteiger partial charge on any atom is 0.0971 e. The van der Waals surface area contributed by atoms with Crippen LogP contribution in [-0.2, 0) is 5.41 Å². The zero-order chi connectivity index (χ0) is 34.6.